The molecule has 0 heterocycles. The number of rotatable bonds is 8. The summed E-state index contributed by atoms with van der Waals surface area (Å²) in [5, 5.41) is 0. The molecule has 2 aromatic carbocycles. The zero-order valence-electron chi connectivity index (χ0n) is 18.9. The number of alkyl halides is 3. The number of halogens is 5. The fraction of sp³-hybridized carbons (Fsp3) is 0.556. The van der Waals surface area contributed by atoms with Crippen molar-refractivity contribution in [3.05, 3.63) is 59.2 Å². The topological polar surface area (TPSA) is 0 Å². The van der Waals surface area contributed by atoms with Crippen molar-refractivity contribution in [1.29, 1.82) is 0 Å². The quantitative estimate of drug-likeness (QED) is 0.350. The van der Waals surface area contributed by atoms with E-state index in [-0.39, 0.29) is 11.1 Å². The smallest absolute Gasteiger partial charge is 0.206 e. The maximum Gasteiger partial charge on any atom is 0.419 e. The number of hydrogen-bond donors (Lipinski definition) is 0. The van der Waals surface area contributed by atoms with Crippen molar-refractivity contribution >= 4 is 0 Å². The van der Waals surface area contributed by atoms with Crippen LogP contribution in [-0.4, -0.2) is 0 Å². The van der Waals surface area contributed by atoms with Gasteiger partial charge in [0.1, 0.15) is 11.6 Å². The first-order valence-electron chi connectivity index (χ1n) is 11.8. The van der Waals surface area contributed by atoms with Crippen molar-refractivity contribution in [2.75, 3.05) is 0 Å². The molecule has 1 aliphatic rings. The van der Waals surface area contributed by atoms with Gasteiger partial charge in [-0.15, -0.1) is 0 Å². The Labute approximate surface area is 188 Å². The normalized spacial score (nSPS) is 20.3. The summed E-state index contributed by atoms with van der Waals surface area (Å²) >= 11 is 0. The fourth-order valence-electron chi connectivity index (χ4n) is 4.76. The minimum atomic E-state index is -4.77. The van der Waals surface area contributed by atoms with Crippen LogP contribution in [0.3, 0.4) is 0 Å². The van der Waals surface area contributed by atoms with Gasteiger partial charge in [0.15, 0.2) is 0 Å². The van der Waals surface area contributed by atoms with Crippen LogP contribution in [0.15, 0.2) is 36.4 Å². The van der Waals surface area contributed by atoms with Crippen molar-refractivity contribution in [1.82, 2.24) is 0 Å². The van der Waals surface area contributed by atoms with Gasteiger partial charge in [-0.3, -0.25) is 0 Å². The van der Waals surface area contributed by atoms with Crippen LogP contribution in [0, 0.1) is 29.4 Å². The van der Waals surface area contributed by atoms with E-state index in [1.54, 1.807) is 12.1 Å². The van der Waals surface area contributed by atoms with E-state index in [2.05, 4.69) is 13.8 Å². The minimum absolute atomic E-state index is 0.107. The Bertz CT molecular complexity index is 878. The molecular formula is C27H33F5. The van der Waals surface area contributed by atoms with Gasteiger partial charge in [0, 0.05) is 5.56 Å². The number of hydrogen-bond acceptors (Lipinski definition) is 0. The van der Waals surface area contributed by atoms with Crippen LogP contribution in [0.4, 0.5) is 22.0 Å². The summed E-state index contributed by atoms with van der Waals surface area (Å²) in [7, 11) is 0. The van der Waals surface area contributed by atoms with Crippen LogP contribution in [0.25, 0.3) is 11.1 Å². The van der Waals surface area contributed by atoms with E-state index in [0.29, 0.717) is 12.0 Å². The third-order valence-corrected chi connectivity index (χ3v) is 7.19. The van der Waals surface area contributed by atoms with E-state index in [0.717, 1.165) is 42.4 Å². The zero-order chi connectivity index (χ0) is 23.3. The predicted molar refractivity (Wildman–Crippen MR) is 119 cm³/mol. The average molecular weight is 453 g/mol. The van der Waals surface area contributed by atoms with Gasteiger partial charge in [-0.05, 0) is 59.9 Å². The van der Waals surface area contributed by atoms with Gasteiger partial charge in [-0.1, -0.05) is 77.0 Å². The molecule has 3 rings (SSSR count). The molecule has 0 amide bonds. The molecule has 5 heteroatoms. The molecule has 0 aliphatic heterocycles. The number of benzene rings is 2. The van der Waals surface area contributed by atoms with Crippen molar-refractivity contribution in [2.45, 2.75) is 77.8 Å². The molecule has 0 spiro atoms. The molecule has 0 radical (unpaired) electrons. The molecule has 1 aliphatic carbocycles. The molecule has 1 saturated carbocycles. The van der Waals surface area contributed by atoms with E-state index >= 15 is 0 Å². The van der Waals surface area contributed by atoms with Crippen LogP contribution in [0.2, 0.25) is 0 Å². The standard InChI is InChI=1S/C27H33F5/c1-3-18(2)4-5-19-6-8-20(9-7-19)10-11-21-12-14-23(25(28)16-21)22-13-15-24(26(29)17-22)27(30,31)32/h12-20H,3-11H2,1-2H3. The fourth-order valence-corrected chi connectivity index (χ4v) is 4.76. The molecule has 176 valence electrons. The zero-order valence-corrected chi connectivity index (χ0v) is 18.9. The van der Waals surface area contributed by atoms with Gasteiger partial charge in [-0.2, -0.15) is 13.2 Å². The second-order valence-corrected chi connectivity index (χ2v) is 9.52. The Balaban J connectivity index is 1.54. The third kappa shape index (κ3) is 6.55. The molecular weight excluding hydrogens is 419 g/mol. The molecule has 0 N–H and O–H groups in total. The minimum Gasteiger partial charge on any atom is -0.206 e. The van der Waals surface area contributed by atoms with Crippen LogP contribution in [-0.2, 0) is 12.6 Å². The summed E-state index contributed by atoms with van der Waals surface area (Å²) < 4.78 is 66.8. The summed E-state index contributed by atoms with van der Waals surface area (Å²) in [5.74, 6) is 0.404. The third-order valence-electron chi connectivity index (χ3n) is 7.19. The summed E-state index contributed by atoms with van der Waals surface area (Å²) in [6.07, 6.45) is 5.97. The van der Waals surface area contributed by atoms with Crippen LogP contribution < -0.4 is 0 Å². The van der Waals surface area contributed by atoms with Crippen LogP contribution >= 0.6 is 0 Å². The van der Waals surface area contributed by atoms with Crippen molar-refractivity contribution < 1.29 is 22.0 Å². The Kier molecular flexibility index (Phi) is 8.35. The summed E-state index contributed by atoms with van der Waals surface area (Å²) in [6.45, 7) is 4.57. The Morgan fingerprint density at radius 2 is 1.53 bits per heavy atom. The van der Waals surface area contributed by atoms with Gasteiger partial charge < -0.3 is 0 Å². The molecule has 0 nitrogen and oxygen atoms in total. The second-order valence-electron chi connectivity index (χ2n) is 9.52. The van der Waals surface area contributed by atoms with Crippen LogP contribution in [0.5, 0.6) is 0 Å². The first-order valence-corrected chi connectivity index (χ1v) is 11.8. The Morgan fingerprint density at radius 3 is 2.09 bits per heavy atom. The average Bonchev–Trinajstić information content (AvgIpc) is 2.75. The second kappa shape index (κ2) is 10.8. The predicted octanol–water partition coefficient (Wildman–Crippen LogP) is 9.22. The van der Waals surface area contributed by atoms with Gasteiger partial charge >= 0.3 is 6.18 Å². The molecule has 0 saturated heterocycles. The maximum absolute atomic E-state index is 14.7. The molecule has 1 unspecified atom stereocenters. The summed E-state index contributed by atoms with van der Waals surface area (Å²) in [6, 6.07) is 7.30. The summed E-state index contributed by atoms with van der Waals surface area (Å²) in [4.78, 5) is 0. The molecule has 0 bridgehead atoms. The van der Waals surface area contributed by atoms with E-state index in [9.17, 15) is 22.0 Å². The molecule has 1 atom stereocenters. The maximum atomic E-state index is 14.7. The highest BCUT2D eigenvalue weighted by atomic mass is 19.4. The molecule has 1 fully saturated rings. The largest absolute Gasteiger partial charge is 0.419 e. The SMILES string of the molecule is CCC(C)CCC1CCC(CCc2ccc(-c3ccc(C(F)(F)F)c(F)c3)c(F)c2)CC1. The van der Waals surface area contributed by atoms with E-state index in [1.165, 1.54) is 51.0 Å². The van der Waals surface area contributed by atoms with Gasteiger partial charge in [0.2, 0.25) is 0 Å². The number of aryl methyl sites for hydroxylation is 1. The van der Waals surface area contributed by atoms with Gasteiger partial charge in [0.05, 0.1) is 5.56 Å². The van der Waals surface area contributed by atoms with E-state index < -0.39 is 23.4 Å². The highest BCUT2D eigenvalue weighted by molar-refractivity contribution is 5.65. The lowest BCUT2D eigenvalue weighted by atomic mass is 9.77. The van der Waals surface area contributed by atoms with Crippen LogP contribution in [0.1, 0.15) is 76.3 Å². The molecule has 2 aromatic rings. The van der Waals surface area contributed by atoms with Crippen molar-refractivity contribution in [2.24, 2.45) is 17.8 Å². The van der Waals surface area contributed by atoms with E-state index in [1.807, 2.05) is 0 Å². The first kappa shape index (κ1) is 24.7. The van der Waals surface area contributed by atoms with Gasteiger partial charge in [-0.25, -0.2) is 8.78 Å². The lowest BCUT2D eigenvalue weighted by Crippen LogP contribution is -2.16. The highest BCUT2D eigenvalue weighted by Gasteiger charge is 2.34. The Morgan fingerprint density at radius 1 is 0.875 bits per heavy atom. The Hall–Kier alpha value is -1.91. The lowest BCUT2D eigenvalue weighted by molar-refractivity contribution is -0.139. The lowest BCUT2D eigenvalue weighted by Gasteiger charge is -2.29. The first-order chi connectivity index (χ1) is 15.2. The van der Waals surface area contributed by atoms with Gasteiger partial charge in [0.25, 0.3) is 0 Å². The monoisotopic (exact) mass is 452 g/mol. The highest BCUT2D eigenvalue weighted by Crippen LogP contribution is 2.36. The molecule has 32 heavy (non-hydrogen) atoms. The molecule has 0 aromatic heterocycles. The van der Waals surface area contributed by atoms with Crippen molar-refractivity contribution in [3.63, 3.8) is 0 Å². The summed E-state index contributed by atoms with van der Waals surface area (Å²) in [5.41, 5.74) is -0.246. The van der Waals surface area contributed by atoms with E-state index in [4.69, 9.17) is 0 Å². The van der Waals surface area contributed by atoms with Crippen molar-refractivity contribution in [3.8, 4) is 11.1 Å².